The molecule has 1 aromatic rings. The van der Waals surface area contributed by atoms with Crippen LogP contribution in [0, 0.1) is 12.8 Å². The van der Waals surface area contributed by atoms with Gasteiger partial charge in [-0.1, -0.05) is 34.1 Å². The van der Waals surface area contributed by atoms with E-state index in [0.29, 0.717) is 5.82 Å². The Hall–Kier alpha value is -1.65. The Morgan fingerprint density at radius 1 is 1.37 bits per heavy atom. The highest BCUT2D eigenvalue weighted by Gasteiger charge is 2.22. The monoisotopic (exact) mass is 264 g/mol. The average Bonchev–Trinajstić information content (AvgIpc) is 2.34. The summed E-state index contributed by atoms with van der Waals surface area (Å²) in [6.45, 7) is 10.0. The van der Waals surface area contributed by atoms with Crippen molar-refractivity contribution in [2.75, 3.05) is 5.32 Å². The lowest BCUT2D eigenvalue weighted by molar-refractivity contribution is -0.119. The Bertz CT molecular complexity index is 445. The number of carbonyl (C=O) groups excluding carboxylic acids is 1. The van der Waals surface area contributed by atoms with Crippen molar-refractivity contribution in [1.29, 1.82) is 0 Å². The summed E-state index contributed by atoms with van der Waals surface area (Å²) in [4.78, 5) is 20.3. The number of aromatic nitrogens is 2. The molecule has 5 heteroatoms. The van der Waals surface area contributed by atoms with Gasteiger partial charge in [-0.15, -0.1) is 0 Å². The van der Waals surface area contributed by atoms with E-state index in [2.05, 4.69) is 15.3 Å². The normalized spacial score (nSPS) is 14.2. The van der Waals surface area contributed by atoms with Gasteiger partial charge in [-0.3, -0.25) is 4.79 Å². The van der Waals surface area contributed by atoms with Crippen molar-refractivity contribution in [3.8, 4) is 0 Å². The molecule has 0 aliphatic heterocycles. The maximum Gasteiger partial charge on any atom is 0.240 e. The van der Waals surface area contributed by atoms with Crippen molar-refractivity contribution in [3.05, 3.63) is 17.6 Å². The number of carbonyl (C=O) groups is 1. The highest BCUT2D eigenvalue weighted by molar-refractivity contribution is 5.83. The zero-order chi connectivity index (χ0) is 14.6. The number of rotatable bonds is 6. The van der Waals surface area contributed by atoms with E-state index in [4.69, 9.17) is 5.73 Å². The lowest BCUT2D eigenvalue weighted by Crippen LogP contribution is -2.40. The molecule has 0 aliphatic rings. The van der Waals surface area contributed by atoms with Gasteiger partial charge in [-0.2, -0.15) is 0 Å². The van der Waals surface area contributed by atoms with E-state index in [0.717, 1.165) is 17.9 Å². The lowest BCUT2D eigenvalue weighted by Gasteiger charge is -2.22. The molecule has 1 heterocycles. The number of hydrogen-bond donors (Lipinski definition) is 2. The molecule has 2 atom stereocenters. The number of nitrogens with zero attached hydrogens (tertiary/aromatic N) is 2. The average molecular weight is 264 g/mol. The Balaban J connectivity index is 2.99. The van der Waals surface area contributed by atoms with E-state index >= 15 is 0 Å². The summed E-state index contributed by atoms with van der Waals surface area (Å²) in [5.74, 6) is 1.50. The van der Waals surface area contributed by atoms with Gasteiger partial charge in [0.2, 0.25) is 5.91 Å². The van der Waals surface area contributed by atoms with Gasteiger partial charge in [0.15, 0.2) is 0 Å². The topological polar surface area (TPSA) is 80.9 Å². The Morgan fingerprint density at radius 3 is 2.47 bits per heavy atom. The number of nitrogens with two attached hydrogens (primary N) is 1. The lowest BCUT2D eigenvalue weighted by atomic mass is 9.98. The predicted octanol–water partition coefficient (Wildman–Crippen LogP) is 2.22. The molecule has 0 bridgehead atoms. The minimum atomic E-state index is -0.403. The quantitative estimate of drug-likeness (QED) is 0.825. The standard InChI is InChI=1S/C14H24N4O/c1-6-9(4)12(13(15)19)17-11-7-10(5)16-14(18-11)8(2)3/h7-9,12H,6H2,1-5H3,(H2,15,19)(H,16,17,18). The van der Waals surface area contributed by atoms with E-state index in [9.17, 15) is 4.79 Å². The molecule has 106 valence electrons. The van der Waals surface area contributed by atoms with Gasteiger partial charge in [-0.25, -0.2) is 9.97 Å². The van der Waals surface area contributed by atoms with E-state index in [1.54, 1.807) is 0 Å². The Morgan fingerprint density at radius 2 is 2.00 bits per heavy atom. The molecule has 0 radical (unpaired) electrons. The minimum absolute atomic E-state index is 0.162. The molecule has 2 unspecified atom stereocenters. The molecule has 1 rings (SSSR count). The summed E-state index contributed by atoms with van der Waals surface area (Å²) in [5, 5.41) is 3.14. The van der Waals surface area contributed by atoms with E-state index < -0.39 is 6.04 Å². The first-order valence-corrected chi connectivity index (χ1v) is 6.76. The molecule has 5 nitrogen and oxygen atoms in total. The van der Waals surface area contributed by atoms with E-state index in [-0.39, 0.29) is 17.7 Å². The molecule has 3 N–H and O–H groups in total. The molecule has 0 aromatic carbocycles. The summed E-state index contributed by atoms with van der Waals surface area (Å²) in [6, 6.07) is 1.43. The highest BCUT2D eigenvalue weighted by atomic mass is 16.1. The Kier molecular flexibility index (Phi) is 5.27. The van der Waals surface area contributed by atoms with Gasteiger partial charge < -0.3 is 11.1 Å². The first-order valence-electron chi connectivity index (χ1n) is 6.76. The summed E-state index contributed by atoms with van der Waals surface area (Å²) in [6.07, 6.45) is 0.877. The van der Waals surface area contributed by atoms with Crippen LogP contribution in [0.2, 0.25) is 0 Å². The number of hydrogen-bond acceptors (Lipinski definition) is 4. The van der Waals surface area contributed by atoms with Crippen LogP contribution in [-0.2, 0) is 4.79 Å². The van der Waals surface area contributed by atoms with Crippen molar-refractivity contribution < 1.29 is 4.79 Å². The smallest absolute Gasteiger partial charge is 0.240 e. The van der Waals surface area contributed by atoms with Crippen molar-refractivity contribution in [3.63, 3.8) is 0 Å². The van der Waals surface area contributed by atoms with Gasteiger partial charge in [-0.05, 0) is 12.8 Å². The van der Waals surface area contributed by atoms with Crippen molar-refractivity contribution in [1.82, 2.24) is 9.97 Å². The molecule has 0 saturated heterocycles. The largest absolute Gasteiger partial charge is 0.368 e. The van der Waals surface area contributed by atoms with Crippen LogP contribution in [0.3, 0.4) is 0 Å². The SMILES string of the molecule is CCC(C)C(Nc1cc(C)nc(C(C)C)n1)C(N)=O. The van der Waals surface area contributed by atoms with Crippen LogP contribution in [0.5, 0.6) is 0 Å². The molecule has 0 aliphatic carbocycles. The molecule has 0 saturated carbocycles. The molecule has 0 spiro atoms. The van der Waals surface area contributed by atoms with Gasteiger partial charge >= 0.3 is 0 Å². The third-order valence-corrected chi connectivity index (χ3v) is 3.21. The summed E-state index contributed by atoms with van der Waals surface area (Å²) in [7, 11) is 0. The molecule has 0 fully saturated rings. The molecular weight excluding hydrogens is 240 g/mol. The fourth-order valence-corrected chi connectivity index (χ4v) is 1.81. The van der Waals surface area contributed by atoms with Crippen LogP contribution >= 0.6 is 0 Å². The van der Waals surface area contributed by atoms with Crippen LogP contribution in [0.4, 0.5) is 5.82 Å². The van der Waals surface area contributed by atoms with Crippen molar-refractivity contribution >= 4 is 11.7 Å². The van der Waals surface area contributed by atoms with Crippen LogP contribution in [0.25, 0.3) is 0 Å². The van der Waals surface area contributed by atoms with Gasteiger partial charge in [0, 0.05) is 17.7 Å². The summed E-state index contributed by atoms with van der Waals surface area (Å²) < 4.78 is 0. The predicted molar refractivity (Wildman–Crippen MR) is 76.9 cm³/mol. The number of anilines is 1. The van der Waals surface area contributed by atoms with Gasteiger partial charge in [0.1, 0.15) is 17.7 Å². The van der Waals surface area contributed by atoms with Gasteiger partial charge in [0.25, 0.3) is 0 Å². The Labute approximate surface area is 115 Å². The molecule has 1 amide bonds. The maximum absolute atomic E-state index is 11.5. The fraction of sp³-hybridized carbons (Fsp3) is 0.643. The van der Waals surface area contributed by atoms with Crippen LogP contribution in [-0.4, -0.2) is 21.9 Å². The van der Waals surface area contributed by atoms with Crippen LogP contribution < -0.4 is 11.1 Å². The third-order valence-electron chi connectivity index (χ3n) is 3.21. The fourth-order valence-electron chi connectivity index (χ4n) is 1.81. The second-order valence-corrected chi connectivity index (χ2v) is 5.32. The number of nitrogens with one attached hydrogen (secondary N) is 1. The zero-order valence-electron chi connectivity index (χ0n) is 12.4. The minimum Gasteiger partial charge on any atom is -0.368 e. The second-order valence-electron chi connectivity index (χ2n) is 5.32. The van der Waals surface area contributed by atoms with E-state index in [1.165, 1.54) is 0 Å². The summed E-state index contributed by atoms with van der Waals surface area (Å²) in [5.41, 5.74) is 6.34. The number of amides is 1. The first-order chi connectivity index (χ1) is 8.85. The van der Waals surface area contributed by atoms with Crippen molar-refractivity contribution in [2.45, 2.75) is 53.0 Å². The zero-order valence-corrected chi connectivity index (χ0v) is 12.4. The van der Waals surface area contributed by atoms with E-state index in [1.807, 2.05) is 40.7 Å². The van der Waals surface area contributed by atoms with Crippen molar-refractivity contribution in [2.24, 2.45) is 11.7 Å². The van der Waals surface area contributed by atoms with Crippen LogP contribution in [0.1, 0.15) is 51.6 Å². The molecule has 19 heavy (non-hydrogen) atoms. The number of primary amides is 1. The third kappa shape index (κ3) is 4.19. The summed E-state index contributed by atoms with van der Waals surface area (Å²) >= 11 is 0. The molecule has 1 aromatic heterocycles. The van der Waals surface area contributed by atoms with Gasteiger partial charge in [0.05, 0.1) is 0 Å². The first kappa shape index (κ1) is 15.4. The van der Waals surface area contributed by atoms with Crippen LogP contribution in [0.15, 0.2) is 6.07 Å². The highest BCUT2D eigenvalue weighted by Crippen LogP contribution is 2.17. The second kappa shape index (κ2) is 6.50. The molecular formula is C14H24N4O. The maximum atomic E-state index is 11.5. The number of aryl methyl sites for hydroxylation is 1.